The highest BCUT2D eigenvalue weighted by Gasteiger charge is 2.30. The van der Waals surface area contributed by atoms with Crippen LogP contribution in [-0.2, 0) is 4.79 Å². The normalized spacial score (nSPS) is 16.4. The molecule has 1 aliphatic heterocycles. The number of amides is 2. The van der Waals surface area contributed by atoms with Crippen molar-refractivity contribution in [3.63, 3.8) is 0 Å². The molecule has 1 atom stereocenters. The molecule has 0 aliphatic carbocycles. The Morgan fingerprint density at radius 3 is 2.78 bits per heavy atom. The van der Waals surface area contributed by atoms with E-state index in [1.54, 1.807) is 0 Å². The highest BCUT2D eigenvalue weighted by molar-refractivity contribution is 6.33. The molecule has 1 aliphatic rings. The first kappa shape index (κ1) is 19.4. The van der Waals surface area contributed by atoms with Crippen molar-refractivity contribution < 1.29 is 14.0 Å². The zero-order valence-electron chi connectivity index (χ0n) is 15.2. The molecule has 1 fully saturated rings. The van der Waals surface area contributed by atoms with Gasteiger partial charge in [-0.1, -0.05) is 35.9 Å². The molecule has 1 N–H and O–H groups in total. The Bertz CT molecular complexity index is 856. The monoisotopic (exact) mass is 388 g/mol. The van der Waals surface area contributed by atoms with Crippen molar-refractivity contribution in [2.24, 2.45) is 0 Å². The molecule has 0 bridgehead atoms. The number of hydrogen-bond donors (Lipinski definition) is 1. The number of halogens is 2. The number of hydrogen-bond acceptors (Lipinski definition) is 2. The van der Waals surface area contributed by atoms with E-state index < -0.39 is 11.7 Å². The van der Waals surface area contributed by atoms with Crippen molar-refractivity contribution in [2.75, 3.05) is 13.1 Å². The third-order valence-electron chi connectivity index (χ3n) is 4.92. The first-order valence-electron chi connectivity index (χ1n) is 9.05. The van der Waals surface area contributed by atoms with Gasteiger partial charge in [0.15, 0.2) is 0 Å². The molecular formula is C21H22ClFN2O2. The number of nitrogens with one attached hydrogen (secondary N) is 1. The summed E-state index contributed by atoms with van der Waals surface area (Å²) in [5, 5.41) is 2.74. The summed E-state index contributed by atoms with van der Waals surface area (Å²) >= 11 is 5.90. The number of rotatable bonds is 5. The Balaban J connectivity index is 1.57. The van der Waals surface area contributed by atoms with Crippen molar-refractivity contribution >= 4 is 23.4 Å². The Hall–Kier alpha value is -2.40. The SMILES string of the molecule is Cc1ccccc1C1CCCN1C(=O)CCNC(=O)c1ccc(F)cc1Cl. The largest absolute Gasteiger partial charge is 0.351 e. The molecule has 1 unspecified atom stereocenters. The van der Waals surface area contributed by atoms with E-state index in [1.165, 1.54) is 23.3 Å². The Morgan fingerprint density at radius 2 is 2.04 bits per heavy atom. The molecule has 0 saturated carbocycles. The Labute approximate surface area is 163 Å². The molecule has 1 heterocycles. The van der Waals surface area contributed by atoms with E-state index in [0.717, 1.165) is 25.5 Å². The number of nitrogens with zero attached hydrogens (tertiary/aromatic N) is 1. The molecule has 2 aromatic carbocycles. The molecule has 4 nitrogen and oxygen atoms in total. The van der Waals surface area contributed by atoms with Gasteiger partial charge in [-0.15, -0.1) is 0 Å². The summed E-state index contributed by atoms with van der Waals surface area (Å²) in [6, 6.07) is 11.8. The fraction of sp³-hybridized carbons (Fsp3) is 0.333. The molecule has 0 spiro atoms. The van der Waals surface area contributed by atoms with Gasteiger partial charge >= 0.3 is 0 Å². The molecule has 0 aromatic heterocycles. The van der Waals surface area contributed by atoms with E-state index in [4.69, 9.17) is 11.6 Å². The number of benzene rings is 2. The van der Waals surface area contributed by atoms with Crippen LogP contribution in [0.1, 0.15) is 46.8 Å². The zero-order chi connectivity index (χ0) is 19.4. The highest BCUT2D eigenvalue weighted by atomic mass is 35.5. The smallest absolute Gasteiger partial charge is 0.252 e. The van der Waals surface area contributed by atoms with Crippen LogP contribution in [0.25, 0.3) is 0 Å². The third kappa shape index (κ3) is 4.48. The van der Waals surface area contributed by atoms with E-state index in [-0.39, 0.29) is 35.5 Å². The van der Waals surface area contributed by atoms with Crippen molar-refractivity contribution in [3.8, 4) is 0 Å². The lowest BCUT2D eigenvalue weighted by atomic mass is 9.99. The minimum absolute atomic E-state index is 0.0197. The summed E-state index contributed by atoms with van der Waals surface area (Å²) in [6.07, 6.45) is 2.14. The minimum atomic E-state index is -0.497. The lowest BCUT2D eigenvalue weighted by Gasteiger charge is -2.26. The van der Waals surface area contributed by atoms with Gasteiger partial charge in [0.25, 0.3) is 5.91 Å². The van der Waals surface area contributed by atoms with Crippen molar-refractivity contribution in [1.82, 2.24) is 10.2 Å². The summed E-state index contributed by atoms with van der Waals surface area (Å²) < 4.78 is 13.1. The minimum Gasteiger partial charge on any atom is -0.351 e. The average Bonchev–Trinajstić information content (AvgIpc) is 3.11. The van der Waals surface area contributed by atoms with Crippen LogP contribution >= 0.6 is 11.6 Å². The molecule has 2 amide bonds. The molecule has 1 saturated heterocycles. The average molecular weight is 389 g/mol. The lowest BCUT2D eigenvalue weighted by molar-refractivity contribution is -0.132. The van der Waals surface area contributed by atoms with Gasteiger partial charge in [-0.2, -0.15) is 0 Å². The maximum absolute atomic E-state index is 13.1. The van der Waals surface area contributed by atoms with Crippen LogP contribution < -0.4 is 5.32 Å². The molecular weight excluding hydrogens is 367 g/mol. The van der Waals surface area contributed by atoms with Crippen molar-refractivity contribution in [2.45, 2.75) is 32.2 Å². The highest BCUT2D eigenvalue weighted by Crippen LogP contribution is 2.33. The zero-order valence-corrected chi connectivity index (χ0v) is 15.9. The third-order valence-corrected chi connectivity index (χ3v) is 5.23. The first-order valence-corrected chi connectivity index (χ1v) is 9.43. The second-order valence-corrected chi connectivity index (χ2v) is 7.14. The van der Waals surface area contributed by atoms with Gasteiger partial charge in [0.05, 0.1) is 16.6 Å². The summed E-state index contributed by atoms with van der Waals surface area (Å²) in [5.41, 5.74) is 2.57. The molecule has 142 valence electrons. The second kappa shape index (κ2) is 8.53. The number of carbonyl (C=O) groups excluding carboxylic acids is 2. The van der Waals surface area contributed by atoms with E-state index in [9.17, 15) is 14.0 Å². The molecule has 0 radical (unpaired) electrons. The van der Waals surface area contributed by atoms with Crippen LogP contribution in [0.3, 0.4) is 0 Å². The van der Waals surface area contributed by atoms with Crippen LogP contribution in [-0.4, -0.2) is 29.8 Å². The van der Waals surface area contributed by atoms with Gasteiger partial charge in [0.1, 0.15) is 5.82 Å². The van der Waals surface area contributed by atoms with Crippen LogP contribution in [0, 0.1) is 12.7 Å². The molecule has 6 heteroatoms. The summed E-state index contributed by atoms with van der Waals surface area (Å²) in [6.45, 7) is 3.00. The quantitative estimate of drug-likeness (QED) is 0.831. The molecule has 2 aromatic rings. The van der Waals surface area contributed by atoms with E-state index in [2.05, 4.69) is 24.4 Å². The number of aryl methyl sites for hydroxylation is 1. The lowest BCUT2D eigenvalue weighted by Crippen LogP contribution is -2.34. The Kier molecular flexibility index (Phi) is 6.11. The fourth-order valence-corrected chi connectivity index (χ4v) is 3.80. The van der Waals surface area contributed by atoms with Gasteiger partial charge in [-0.3, -0.25) is 9.59 Å². The maximum Gasteiger partial charge on any atom is 0.252 e. The Morgan fingerprint density at radius 1 is 1.26 bits per heavy atom. The predicted octanol–water partition coefficient (Wildman–Crippen LogP) is 4.27. The van der Waals surface area contributed by atoms with Crippen LogP contribution in [0.5, 0.6) is 0 Å². The second-order valence-electron chi connectivity index (χ2n) is 6.73. The van der Waals surface area contributed by atoms with Crippen molar-refractivity contribution in [1.29, 1.82) is 0 Å². The van der Waals surface area contributed by atoms with Gasteiger partial charge in [0, 0.05) is 19.5 Å². The van der Waals surface area contributed by atoms with E-state index >= 15 is 0 Å². The predicted molar refractivity (Wildman–Crippen MR) is 103 cm³/mol. The standard InChI is InChI=1S/C21H22ClFN2O2/c1-14-5-2-3-6-16(14)19-7-4-12-25(19)20(26)10-11-24-21(27)17-9-8-15(23)13-18(17)22/h2-3,5-6,8-9,13,19H,4,7,10-12H2,1H3,(H,24,27). The van der Waals surface area contributed by atoms with Gasteiger partial charge in [-0.05, 0) is 49.1 Å². The summed E-state index contributed by atoms with van der Waals surface area (Å²) in [5.74, 6) is -0.890. The number of likely N-dealkylation sites (tertiary alicyclic amines) is 1. The van der Waals surface area contributed by atoms with Gasteiger partial charge in [-0.25, -0.2) is 4.39 Å². The topological polar surface area (TPSA) is 49.4 Å². The van der Waals surface area contributed by atoms with Crippen LogP contribution in [0.4, 0.5) is 4.39 Å². The summed E-state index contributed by atoms with van der Waals surface area (Å²) in [7, 11) is 0. The maximum atomic E-state index is 13.1. The molecule has 27 heavy (non-hydrogen) atoms. The van der Waals surface area contributed by atoms with Gasteiger partial charge in [0.2, 0.25) is 5.91 Å². The van der Waals surface area contributed by atoms with Crippen LogP contribution in [0.2, 0.25) is 5.02 Å². The first-order chi connectivity index (χ1) is 13.0. The van der Waals surface area contributed by atoms with E-state index in [0.29, 0.717) is 0 Å². The fourth-order valence-electron chi connectivity index (χ4n) is 3.54. The van der Waals surface area contributed by atoms with Gasteiger partial charge < -0.3 is 10.2 Å². The molecule has 3 rings (SSSR count). The van der Waals surface area contributed by atoms with E-state index in [1.807, 2.05) is 17.0 Å². The van der Waals surface area contributed by atoms with Crippen molar-refractivity contribution in [3.05, 3.63) is 70.0 Å². The summed E-state index contributed by atoms with van der Waals surface area (Å²) in [4.78, 5) is 26.7. The van der Waals surface area contributed by atoms with Crippen LogP contribution in [0.15, 0.2) is 42.5 Å². The number of carbonyl (C=O) groups is 2.